The number of allylic oxidation sites excluding steroid dienone is 2. The van der Waals surface area contributed by atoms with Crippen LogP contribution in [0.15, 0.2) is 59.5 Å². The van der Waals surface area contributed by atoms with Crippen LogP contribution in [0.1, 0.15) is 6.42 Å². The second-order valence-electron chi connectivity index (χ2n) is 4.31. The lowest BCUT2D eigenvalue weighted by molar-refractivity contribution is 0.0722. The SMILES string of the molecule is N#CCC1C=CC=CC1(O)CSc1ccccc1. The minimum Gasteiger partial charge on any atom is -0.384 e. The zero-order valence-corrected chi connectivity index (χ0v) is 10.8. The Morgan fingerprint density at radius 1 is 1.28 bits per heavy atom. The molecule has 2 unspecified atom stereocenters. The topological polar surface area (TPSA) is 44.0 Å². The van der Waals surface area contributed by atoms with Gasteiger partial charge in [0.2, 0.25) is 0 Å². The van der Waals surface area contributed by atoms with E-state index in [1.165, 1.54) is 0 Å². The summed E-state index contributed by atoms with van der Waals surface area (Å²) in [5.74, 6) is 0.438. The Balaban J connectivity index is 2.04. The van der Waals surface area contributed by atoms with Gasteiger partial charge in [-0.25, -0.2) is 0 Å². The number of thioether (sulfide) groups is 1. The molecule has 0 bridgehead atoms. The average Bonchev–Trinajstić information content (AvgIpc) is 2.41. The Morgan fingerprint density at radius 3 is 2.78 bits per heavy atom. The van der Waals surface area contributed by atoms with E-state index < -0.39 is 5.60 Å². The first-order valence-electron chi connectivity index (χ1n) is 5.88. The van der Waals surface area contributed by atoms with Crippen molar-refractivity contribution in [3.05, 3.63) is 54.6 Å². The highest BCUT2D eigenvalue weighted by Gasteiger charge is 2.33. The van der Waals surface area contributed by atoms with Gasteiger partial charge in [0, 0.05) is 23.0 Å². The zero-order chi connectivity index (χ0) is 12.8. The largest absolute Gasteiger partial charge is 0.384 e. The predicted octanol–water partition coefficient (Wildman–Crippen LogP) is 3.17. The fourth-order valence-electron chi connectivity index (χ4n) is 1.92. The van der Waals surface area contributed by atoms with Crippen LogP contribution in [0.5, 0.6) is 0 Å². The number of rotatable bonds is 4. The van der Waals surface area contributed by atoms with E-state index in [2.05, 4.69) is 6.07 Å². The molecule has 1 aromatic carbocycles. The summed E-state index contributed by atoms with van der Waals surface area (Å²) in [6, 6.07) is 12.1. The van der Waals surface area contributed by atoms with Gasteiger partial charge >= 0.3 is 0 Å². The Hall–Kier alpha value is -1.50. The van der Waals surface area contributed by atoms with Gasteiger partial charge in [0.25, 0.3) is 0 Å². The predicted molar refractivity (Wildman–Crippen MR) is 74.1 cm³/mol. The van der Waals surface area contributed by atoms with Crippen LogP contribution in [-0.4, -0.2) is 16.5 Å². The molecule has 1 aliphatic carbocycles. The summed E-state index contributed by atoms with van der Waals surface area (Å²) < 4.78 is 0. The smallest absolute Gasteiger partial charge is 0.0996 e. The van der Waals surface area contributed by atoms with Gasteiger partial charge in [0.05, 0.1) is 11.7 Å². The molecule has 0 spiro atoms. The highest BCUT2D eigenvalue weighted by molar-refractivity contribution is 7.99. The Labute approximate surface area is 112 Å². The molecule has 0 fully saturated rings. The van der Waals surface area contributed by atoms with Crippen LogP contribution in [0, 0.1) is 17.2 Å². The molecule has 1 aromatic rings. The number of benzene rings is 1. The van der Waals surface area contributed by atoms with E-state index in [0.717, 1.165) is 4.90 Å². The summed E-state index contributed by atoms with van der Waals surface area (Å²) >= 11 is 1.61. The summed E-state index contributed by atoms with van der Waals surface area (Å²) in [5.41, 5.74) is -0.926. The second-order valence-corrected chi connectivity index (χ2v) is 5.35. The molecule has 0 saturated heterocycles. The molecule has 2 nitrogen and oxygen atoms in total. The van der Waals surface area contributed by atoms with Crippen LogP contribution in [0.4, 0.5) is 0 Å². The van der Waals surface area contributed by atoms with Crippen LogP contribution in [0.2, 0.25) is 0 Å². The van der Waals surface area contributed by atoms with Crippen LogP contribution in [0.3, 0.4) is 0 Å². The van der Waals surface area contributed by atoms with E-state index >= 15 is 0 Å². The maximum Gasteiger partial charge on any atom is 0.0996 e. The molecule has 2 rings (SSSR count). The van der Waals surface area contributed by atoms with Crippen molar-refractivity contribution in [1.29, 1.82) is 5.26 Å². The van der Waals surface area contributed by atoms with Crippen LogP contribution in [0.25, 0.3) is 0 Å². The Bertz CT molecular complexity index is 489. The number of hydrogen-bond donors (Lipinski definition) is 1. The van der Waals surface area contributed by atoms with Gasteiger partial charge in [0.1, 0.15) is 0 Å². The molecular formula is C15H15NOS. The highest BCUT2D eigenvalue weighted by Crippen LogP contribution is 2.33. The molecule has 0 saturated carbocycles. The Morgan fingerprint density at radius 2 is 2.06 bits per heavy atom. The third kappa shape index (κ3) is 3.04. The molecule has 2 atom stereocenters. The first kappa shape index (κ1) is 12.9. The van der Waals surface area contributed by atoms with Crippen molar-refractivity contribution in [2.75, 3.05) is 5.75 Å². The van der Waals surface area contributed by atoms with Crippen LogP contribution >= 0.6 is 11.8 Å². The van der Waals surface area contributed by atoms with Gasteiger partial charge < -0.3 is 5.11 Å². The molecule has 1 N–H and O–H groups in total. The number of hydrogen-bond acceptors (Lipinski definition) is 3. The van der Waals surface area contributed by atoms with Crippen molar-refractivity contribution in [2.24, 2.45) is 5.92 Å². The fourth-order valence-corrected chi connectivity index (χ4v) is 2.98. The first-order chi connectivity index (χ1) is 8.74. The van der Waals surface area contributed by atoms with E-state index in [0.29, 0.717) is 12.2 Å². The zero-order valence-electron chi connectivity index (χ0n) is 9.99. The third-order valence-corrected chi connectivity index (χ3v) is 4.22. The van der Waals surface area contributed by atoms with Crippen molar-refractivity contribution in [3.8, 4) is 6.07 Å². The molecule has 0 aliphatic heterocycles. The fraction of sp³-hybridized carbons (Fsp3) is 0.267. The van der Waals surface area contributed by atoms with E-state index in [9.17, 15) is 5.11 Å². The second kappa shape index (κ2) is 5.90. The lowest BCUT2D eigenvalue weighted by atomic mass is 9.83. The van der Waals surface area contributed by atoms with Gasteiger partial charge in [-0.2, -0.15) is 5.26 Å². The molecule has 0 aromatic heterocycles. The average molecular weight is 257 g/mol. The molecule has 92 valence electrons. The van der Waals surface area contributed by atoms with Gasteiger partial charge in [-0.05, 0) is 12.1 Å². The van der Waals surface area contributed by atoms with Crippen LogP contribution in [-0.2, 0) is 0 Å². The summed E-state index contributed by atoms with van der Waals surface area (Å²) in [4.78, 5) is 1.13. The lowest BCUT2D eigenvalue weighted by Gasteiger charge is -2.32. The number of nitriles is 1. The number of aliphatic hydroxyl groups is 1. The maximum atomic E-state index is 10.6. The van der Waals surface area contributed by atoms with E-state index in [1.54, 1.807) is 17.8 Å². The minimum absolute atomic E-state index is 0.122. The summed E-state index contributed by atoms with van der Waals surface area (Å²) in [5, 5.41) is 19.4. The minimum atomic E-state index is -0.926. The molecule has 0 amide bonds. The standard InChI is InChI=1S/C15H15NOS/c16-11-9-13-6-4-5-10-15(13,17)12-18-14-7-2-1-3-8-14/h1-8,10,13,17H,9,12H2. The van der Waals surface area contributed by atoms with Gasteiger partial charge in [0.15, 0.2) is 0 Å². The molecule has 1 aliphatic rings. The van der Waals surface area contributed by atoms with Gasteiger partial charge in [-0.15, -0.1) is 11.8 Å². The maximum absolute atomic E-state index is 10.6. The summed E-state index contributed by atoms with van der Waals surface area (Å²) in [7, 11) is 0. The van der Waals surface area contributed by atoms with Gasteiger partial charge in [-0.1, -0.05) is 42.5 Å². The summed E-state index contributed by atoms with van der Waals surface area (Å²) in [6.45, 7) is 0. The first-order valence-corrected chi connectivity index (χ1v) is 6.86. The highest BCUT2D eigenvalue weighted by atomic mass is 32.2. The molecular weight excluding hydrogens is 242 g/mol. The molecule has 0 heterocycles. The monoisotopic (exact) mass is 257 g/mol. The van der Waals surface area contributed by atoms with E-state index in [4.69, 9.17) is 5.26 Å². The molecule has 18 heavy (non-hydrogen) atoms. The quantitative estimate of drug-likeness (QED) is 0.843. The van der Waals surface area contributed by atoms with Gasteiger partial charge in [-0.3, -0.25) is 0 Å². The number of nitrogens with zero attached hydrogens (tertiary/aromatic N) is 1. The third-order valence-electron chi connectivity index (χ3n) is 3.01. The van der Waals surface area contributed by atoms with Crippen molar-refractivity contribution < 1.29 is 5.11 Å². The van der Waals surface area contributed by atoms with Crippen molar-refractivity contribution in [2.45, 2.75) is 16.9 Å². The van der Waals surface area contributed by atoms with Crippen molar-refractivity contribution in [3.63, 3.8) is 0 Å². The van der Waals surface area contributed by atoms with Crippen molar-refractivity contribution >= 4 is 11.8 Å². The van der Waals surface area contributed by atoms with Crippen LogP contribution < -0.4 is 0 Å². The molecule has 0 radical (unpaired) electrons. The summed E-state index contributed by atoms with van der Waals surface area (Å²) in [6.07, 6.45) is 7.79. The lowest BCUT2D eigenvalue weighted by Crippen LogP contribution is -2.38. The Kier molecular flexibility index (Phi) is 4.24. The van der Waals surface area contributed by atoms with Crippen molar-refractivity contribution in [1.82, 2.24) is 0 Å². The van der Waals surface area contributed by atoms with E-state index in [1.807, 2.05) is 48.6 Å². The van der Waals surface area contributed by atoms with E-state index in [-0.39, 0.29) is 5.92 Å². The molecule has 3 heteroatoms. The normalized spacial score (nSPS) is 25.9.